The van der Waals surface area contributed by atoms with Gasteiger partial charge in [0.05, 0.1) is 31.2 Å². The lowest BCUT2D eigenvalue weighted by Crippen LogP contribution is -2.08. The number of nitrogens with zero attached hydrogens (tertiary/aromatic N) is 2. The van der Waals surface area contributed by atoms with Crippen molar-refractivity contribution in [1.29, 1.82) is 0 Å². The normalized spacial score (nSPS) is 10.2. The number of anilines is 1. The number of methoxy groups -OCH3 is 1. The summed E-state index contributed by atoms with van der Waals surface area (Å²) < 4.78 is 10.9. The number of hydrogen-bond acceptors (Lipinski definition) is 6. The van der Waals surface area contributed by atoms with Gasteiger partial charge in [0.15, 0.2) is 0 Å². The third-order valence-electron chi connectivity index (χ3n) is 2.83. The van der Waals surface area contributed by atoms with Crippen LogP contribution in [0.2, 0.25) is 0 Å². The molecule has 0 aliphatic carbocycles. The summed E-state index contributed by atoms with van der Waals surface area (Å²) in [4.78, 5) is 23.0. The fourth-order valence-electron chi connectivity index (χ4n) is 1.78. The van der Waals surface area contributed by atoms with Crippen LogP contribution < -0.4 is 5.73 Å². The van der Waals surface area contributed by atoms with E-state index in [-0.39, 0.29) is 11.4 Å². The van der Waals surface area contributed by atoms with Crippen molar-refractivity contribution in [3.8, 4) is 5.69 Å². The van der Waals surface area contributed by atoms with Crippen molar-refractivity contribution in [2.45, 2.75) is 6.92 Å². The van der Waals surface area contributed by atoms with Gasteiger partial charge in [0, 0.05) is 0 Å². The Bertz CT molecular complexity index is 661. The average molecular weight is 289 g/mol. The molecule has 2 aromatic rings. The van der Waals surface area contributed by atoms with Crippen molar-refractivity contribution < 1.29 is 19.1 Å². The fraction of sp³-hybridized carbons (Fsp3) is 0.214. The molecule has 21 heavy (non-hydrogen) atoms. The van der Waals surface area contributed by atoms with Crippen LogP contribution in [0.15, 0.2) is 30.5 Å². The summed E-state index contributed by atoms with van der Waals surface area (Å²) in [7, 11) is 1.27. The molecule has 110 valence electrons. The zero-order valence-electron chi connectivity index (χ0n) is 11.7. The summed E-state index contributed by atoms with van der Waals surface area (Å²) in [5, 5.41) is 4.04. The van der Waals surface area contributed by atoms with Gasteiger partial charge in [-0.2, -0.15) is 5.10 Å². The van der Waals surface area contributed by atoms with Crippen LogP contribution in [0.1, 0.15) is 27.6 Å². The van der Waals surface area contributed by atoms with E-state index in [0.29, 0.717) is 17.9 Å². The van der Waals surface area contributed by atoms with Gasteiger partial charge in [-0.05, 0) is 31.2 Å². The third-order valence-corrected chi connectivity index (χ3v) is 2.83. The molecule has 0 unspecified atom stereocenters. The van der Waals surface area contributed by atoms with Crippen LogP contribution in [0.3, 0.4) is 0 Å². The minimum Gasteiger partial charge on any atom is -0.465 e. The molecule has 0 saturated carbocycles. The number of aromatic nitrogens is 2. The molecule has 0 radical (unpaired) electrons. The summed E-state index contributed by atoms with van der Waals surface area (Å²) in [5.74, 6) is -0.777. The van der Waals surface area contributed by atoms with Gasteiger partial charge in [-0.1, -0.05) is 0 Å². The van der Waals surface area contributed by atoms with Gasteiger partial charge in [0.1, 0.15) is 11.4 Å². The Morgan fingerprint density at radius 1 is 1.24 bits per heavy atom. The number of hydrogen-bond donors (Lipinski definition) is 1. The highest BCUT2D eigenvalue weighted by Gasteiger charge is 2.16. The van der Waals surface area contributed by atoms with E-state index in [1.54, 1.807) is 31.2 Å². The van der Waals surface area contributed by atoms with Crippen molar-refractivity contribution in [2.75, 3.05) is 19.5 Å². The monoisotopic (exact) mass is 289 g/mol. The first kappa shape index (κ1) is 14.6. The second kappa shape index (κ2) is 6.08. The predicted molar refractivity (Wildman–Crippen MR) is 75.3 cm³/mol. The van der Waals surface area contributed by atoms with Gasteiger partial charge >= 0.3 is 11.9 Å². The number of carbonyl (C=O) groups is 2. The van der Waals surface area contributed by atoms with E-state index in [4.69, 9.17) is 10.5 Å². The predicted octanol–water partition coefficient (Wildman–Crippen LogP) is 1.42. The number of esters is 2. The van der Waals surface area contributed by atoms with Gasteiger partial charge in [-0.25, -0.2) is 14.3 Å². The number of ether oxygens (including phenoxy) is 2. The minimum absolute atomic E-state index is 0.172. The zero-order valence-corrected chi connectivity index (χ0v) is 11.7. The van der Waals surface area contributed by atoms with Crippen LogP contribution in [-0.4, -0.2) is 35.4 Å². The quantitative estimate of drug-likeness (QED) is 0.855. The summed E-state index contributed by atoms with van der Waals surface area (Å²) in [5.41, 5.74) is 7.10. The van der Waals surface area contributed by atoms with E-state index >= 15 is 0 Å². The molecule has 1 aromatic heterocycles. The zero-order chi connectivity index (χ0) is 15.4. The Hall–Kier alpha value is -2.83. The Balaban J connectivity index is 2.29. The van der Waals surface area contributed by atoms with Gasteiger partial charge < -0.3 is 15.2 Å². The van der Waals surface area contributed by atoms with Gasteiger partial charge in [0.25, 0.3) is 0 Å². The molecule has 0 aliphatic heterocycles. The van der Waals surface area contributed by atoms with Crippen molar-refractivity contribution >= 4 is 17.8 Å². The topological polar surface area (TPSA) is 96.4 Å². The molecule has 0 aliphatic rings. The smallest absolute Gasteiger partial charge is 0.343 e. The van der Waals surface area contributed by atoms with E-state index in [9.17, 15) is 9.59 Å². The first-order valence-electron chi connectivity index (χ1n) is 6.27. The van der Waals surface area contributed by atoms with Crippen LogP contribution in [0.5, 0.6) is 0 Å². The number of carbonyl (C=O) groups excluding carboxylic acids is 2. The molecule has 0 bridgehead atoms. The lowest BCUT2D eigenvalue weighted by molar-refractivity contribution is 0.0525. The fourth-order valence-corrected chi connectivity index (χ4v) is 1.78. The first-order valence-corrected chi connectivity index (χ1v) is 6.27. The third kappa shape index (κ3) is 2.86. The Morgan fingerprint density at radius 2 is 1.90 bits per heavy atom. The van der Waals surface area contributed by atoms with Crippen LogP contribution in [0, 0.1) is 0 Å². The van der Waals surface area contributed by atoms with Crippen molar-refractivity contribution in [3.05, 3.63) is 41.6 Å². The van der Waals surface area contributed by atoms with E-state index in [0.717, 1.165) is 0 Å². The maximum absolute atomic E-state index is 11.6. The number of nitrogen functional groups attached to an aromatic ring is 1. The lowest BCUT2D eigenvalue weighted by Gasteiger charge is -2.06. The average Bonchev–Trinajstić information content (AvgIpc) is 2.88. The molecule has 0 atom stereocenters. The molecular formula is C14H15N3O4. The molecule has 0 amide bonds. The van der Waals surface area contributed by atoms with E-state index in [2.05, 4.69) is 9.84 Å². The maximum atomic E-state index is 11.6. The molecule has 1 aromatic carbocycles. The van der Waals surface area contributed by atoms with Crippen LogP contribution in [0.4, 0.5) is 5.82 Å². The van der Waals surface area contributed by atoms with Crippen LogP contribution in [0.25, 0.3) is 5.69 Å². The summed E-state index contributed by atoms with van der Waals surface area (Å²) in [6, 6.07) is 6.53. The summed E-state index contributed by atoms with van der Waals surface area (Å²) >= 11 is 0. The highest BCUT2D eigenvalue weighted by atomic mass is 16.5. The van der Waals surface area contributed by atoms with Crippen molar-refractivity contribution in [1.82, 2.24) is 9.78 Å². The first-order chi connectivity index (χ1) is 10.1. The highest BCUT2D eigenvalue weighted by Crippen LogP contribution is 2.18. The Morgan fingerprint density at radius 3 is 2.48 bits per heavy atom. The molecule has 2 rings (SSSR count). The summed E-state index contributed by atoms with van der Waals surface area (Å²) in [6.07, 6.45) is 1.33. The highest BCUT2D eigenvalue weighted by molar-refractivity contribution is 5.94. The van der Waals surface area contributed by atoms with Crippen LogP contribution >= 0.6 is 0 Å². The molecule has 1 heterocycles. The van der Waals surface area contributed by atoms with E-state index in [1.165, 1.54) is 18.0 Å². The number of nitrogens with two attached hydrogens (primary N) is 1. The Kier molecular flexibility index (Phi) is 4.22. The van der Waals surface area contributed by atoms with Gasteiger partial charge in [-0.3, -0.25) is 0 Å². The second-order valence-electron chi connectivity index (χ2n) is 4.11. The van der Waals surface area contributed by atoms with E-state index < -0.39 is 11.9 Å². The maximum Gasteiger partial charge on any atom is 0.343 e. The van der Waals surface area contributed by atoms with Gasteiger partial charge in [0.2, 0.25) is 0 Å². The molecular weight excluding hydrogens is 274 g/mol. The van der Waals surface area contributed by atoms with Gasteiger partial charge in [-0.15, -0.1) is 0 Å². The second-order valence-corrected chi connectivity index (χ2v) is 4.11. The molecule has 0 spiro atoms. The molecule has 2 N–H and O–H groups in total. The summed E-state index contributed by atoms with van der Waals surface area (Å²) in [6.45, 7) is 2.06. The molecule has 7 nitrogen and oxygen atoms in total. The van der Waals surface area contributed by atoms with Crippen LogP contribution in [-0.2, 0) is 9.47 Å². The SMILES string of the molecule is CCOC(=O)c1ccc(-n2ncc(C(=O)OC)c2N)cc1. The number of rotatable bonds is 4. The van der Waals surface area contributed by atoms with Crippen molar-refractivity contribution in [2.24, 2.45) is 0 Å². The molecule has 7 heteroatoms. The van der Waals surface area contributed by atoms with Crippen molar-refractivity contribution in [3.63, 3.8) is 0 Å². The molecule has 0 saturated heterocycles. The van der Waals surface area contributed by atoms with E-state index in [1.807, 2.05) is 0 Å². The Labute approximate surface area is 121 Å². The largest absolute Gasteiger partial charge is 0.465 e. The lowest BCUT2D eigenvalue weighted by atomic mass is 10.2. The number of benzene rings is 1. The standard InChI is InChI=1S/C14H15N3O4/c1-3-21-13(18)9-4-6-10(7-5-9)17-12(15)11(8-16-17)14(19)20-2/h4-8H,3,15H2,1-2H3. The minimum atomic E-state index is -0.554. The molecule has 0 fully saturated rings.